The molecule has 0 radical (unpaired) electrons. The van der Waals surface area contributed by atoms with E-state index < -0.39 is 5.60 Å². The minimum Gasteiger partial charge on any atom is -0.444 e. The smallest absolute Gasteiger partial charge is 0.410 e. The highest BCUT2D eigenvalue weighted by atomic mass is 16.6. The van der Waals surface area contributed by atoms with Gasteiger partial charge in [0.1, 0.15) is 5.60 Å². The van der Waals surface area contributed by atoms with Crippen LogP contribution in [0.25, 0.3) is 0 Å². The van der Waals surface area contributed by atoms with Crippen LogP contribution in [0.4, 0.5) is 4.79 Å². The number of carbonyl (C=O) groups excluding carboxylic acids is 2. The molecule has 0 saturated carbocycles. The van der Waals surface area contributed by atoms with Crippen molar-refractivity contribution < 1.29 is 19.1 Å². The second-order valence-electron chi connectivity index (χ2n) is 5.61. The second-order valence-corrected chi connectivity index (χ2v) is 5.61. The topological polar surface area (TPSA) is 62.4 Å². The van der Waals surface area contributed by atoms with Gasteiger partial charge in [-0.2, -0.15) is 0 Å². The maximum Gasteiger partial charge on any atom is 0.410 e. The van der Waals surface area contributed by atoms with Crippen LogP contribution >= 0.6 is 0 Å². The number of amides is 2. The van der Waals surface area contributed by atoms with Crippen LogP contribution in [0.5, 0.6) is 0 Å². The molecule has 0 N–H and O–H groups in total. The number of hydrogen-bond acceptors (Lipinski definition) is 4. The fraction of sp³-hybridized carbons (Fsp3) is 0.833. The van der Waals surface area contributed by atoms with Crippen LogP contribution in [0, 0.1) is 0 Å². The Labute approximate surface area is 107 Å². The van der Waals surface area contributed by atoms with Crippen molar-refractivity contribution in [1.82, 2.24) is 9.80 Å². The molecule has 0 bridgehead atoms. The van der Waals surface area contributed by atoms with Gasteiger partial charge in [0.25, 0.3) is 5.91 Å². The third-order valence-electron chi connectivity index (χ3n) is 2.85. The Balaban J connectivity index is 1.79. The fourth-order valence-electron chi connectivity index (χ4n) is 1.83. The van der Waals surface area contributed by atoms with Crippen LogP contribution in [0.1, 0.15) is 20.8 Å². The van der Waals surface area contributed by atoms with Crippen molar-refractivity contribution >= 4 is 12.0 Å². The quantitative estimate of drug-likeness (QED) is 0.640. The van der Waals surface area contributed by atoms with Gasteiger partial charge in [0, 0.05) is 26.2 Å². The van der Waals surface area contributed by atoms with Gasteiger partial charge in [-0.3, -0.25) is 4.79 Å². The molecule has 2 fully saturated rings. The van der Waals surface area contributed by atoms with Crippen molar-refractivity contribution in [2.45, 2.75) is 32.5 Å². The van der Waals surface area contributed by atoms with Crippen molar-refractivity contribution in [1.29, 1.82) is 0 Å². The predicted molar refractivity (Wildman–Crippen MR) is 64.1 cm³/mol. The van der Waals surface area contributed by atoms with Crippen molar-refractivity contribution in [3.05, 3.63) is 0 Å². The molecule has 0 aromatic rings. The Morgan fingerprint density at radius 1 is 1.11 bits per heavy atom. The van der Waals surface area contributed by atoms with Gasteiger partial charge in [-0.25, -0.2) is 4.79 Å². The molecule has 1 atom stereocenters. The maximum absolute atomic E-state index is 11.8. The van der Waals surface area contributed by atoms with Gasteiger partial charge in [0.2, 0.25) is 0 Å². The molecule has 6 nitrogen and oxygen atoms in total. The van der Waals surface area contributed by atoms with Gasteiger partial charge in [0.15, 0.2) is 6.10 Å². The number of hydrogen-bond donors (Lipinski definition) is 0. The van der Waals surface area contributed by atoms with Crippen LogP contribution in [0.2, 0.25) is 0 Å². The summed E-state index contributed by atoms with van der Waals surface area (Å²) in [6.07, 6.45) is -0.546. The molecule has 0 aromatic heterocycles. The first-order valence-electron chi connectivity index (χ1n) is 6.25. The highest BCUT2D eigenvalue weighted by molar-refractivity contribution is 5.83. The first-order valence-corrected chi connectivity index (χ1v) is 6.25. The van der Waals surface area contributed by atoms with Crippen molar-refractivity contribution in [3.63, 3.8) is 0 Å². The molecule has 2 heterocycles. The van der Waals surface area contributed by atoms with E-state index in [-0.39, 0.29) is 18.1 Å². The minimum atomic E-state index is -0.480. The third-order valence-corrected chi connectivity index (χ3v) is 2.85. The SMILES string of the molecule is CC(C)(C)OC(=O)N1CCN(C(=O)C2CO2)CC1. The van der Waals surface area contributed by atoms with Gasteiger partial charge in [-0.15, -0.1) is 0 Å². The van der Waals surface area contributed by atoms with E-state index in [2.05, 4.69) is 0 Å². The zero-order valence-corrected chi connectivity index (χ0v) is 11.1. The summed E-state index contributed by atoms with van der Waals surface area (Å²) in [5.74, 6) is 0.0406. The molecule has 2 amide bonds. The van der Waals surface area contributed by atoms with Crippen LogP contribution in [0.3, 0.4) is 0 Å². The Bertz CT molecular complexity index is 338. The monoisotopic (exact) mass is 256 g/mol. The van der Waals surface area contributed by atoms with E-state index in [9.17, 15) is 9.59 Å². The van der Waals surface area contributed by atoms with Crippen LogP contribution in [0.15, 0.2) is 0 Å². The van der Waals surface area contributed by atoms with Crippen molar-refractivity contribution in [2.24, 2.45) is 0 Å². The second kappa shape index (κ2) is 4.76. The van der Waals surface area contributed by atoms with Crippen molar-refractivity contribution in [2.75, 3.05) is 32.8 Å². The molecule has 0 aliphatic carbocycles. The van der Waals surface area contributed by atoms with Crippen LogP contribution < -0.4 is 0 Å². The molecule has 102 valence electrons. The zero-order chi connectivity index (χ0) is 13.3. The van der Waals surface area contributed by atoms with E-state index in [1.807, 2.05) is 20.8 Å². The standard InChI is InChI=1S/C12H20N2O4/c1-12(2,3)18-11(16)14-6-4-13(5-7-14)10(15)9-8-17-9/h9H,4-8H2,1-3H3. The maximum atomic E-state index is 11.8. The largest absolute Gasteiger partial charge is 0.444 e. The highest BCUT2D eigenvalue weighted by Crippen LogP contribution is 2.16. The zero-order valence-electron chi connectivity index (χ0n) is 11.1. The lowest BCUT2D eigenvalue weighted by atomic mass is 10.2. The lowest BCUT2D eigenvalue weighted by molar-refractivity contribution is -0.134. The summed E-state index contributed by atoms with van der Waals surface area (Å²) in [7, 11) is 0. The summed E-state index contributed by atoms with van der Waals surface area (Å²) in [5, 5.41) is 0. The lowest BCUT2D eigenvalue weighted by Gasteiger charge is -2.35. The van der Waals surface area contributed by atoms with Gasteiger partial charge in [0.05, 0.1) is 6.61 Å². The van der Waals surface area contributed by atoms with Crippen LogP contribution in [-0.4, -0.2) is 66.3 Å². The van der Waals surface area contributed by atoms with E-state index in [4.69, 9.17) is 9.47 Å². The normalized spacial score (nSPS) is 23.8. The first-order chi connectivity index (χ1) is 8.37. The Kier molecular flexibility index (Phi) is 3.47. The summed E-state index contributed by atoms with van der Waals surface area (Å²) >= 11 is 0. The third kappa shape index (κ3) is 3.35. The summed E-state index contributed by atoms with van der Waals surface area (Å²) in [6, 6.07) is 0. The number of rotatable bonds is 1. The molecule has 0 spiro atoms. The fourth-order valence-corrected chi connectivity index (χ4v) is 1.83. The molecule has 2 aliphatic heterocycles. The highest BCUT2D eigenvalue weighted by Gasteiger charge is 2.37. The molecule has 2 rings (SSSR count). The molecule has 1 unspecified atom stereocenters. The summed E-state index contributed by atoms with van der Waals surface area (Å²) in [4.78, 5) is 26.9. The molecule has 6 heteroatoms. The number of carbonyl (C=O) groups is 2. The molecule has 2 saturated heterocycles. The van der Waals surface area contributed by atoms with Gasteiger partial charge in [-0.1, -0.05) is 0 Å². The minimum absolute atomic E-state index is 0.0406. The van der Waals surface area contributed by atoms with Gasteiger partial charge < -0.3 is 19.3 Å². The molecule has 2 aliphatic rings. The Morgan fingerprint density at radius 3 is 2.06 bits per heavy atom. The number of nitrogens with zero attached hydrogens (tertiary/aromatic N) is 2. The van der Waals surface area contributed by atoms with Crippen molar-refractivity contribution in [3.8, 4) is 0 Å². The first kappa shape index (κ1) is 13.1. The number of ether oxygens (including phenoxy) is 2. The summed E-state index contributed by atoms with van der Waals surface area (Å²) < 4.78 is 10.3. The van der Waals surface area contributed by atoms with Crippen LogP contribution in [-0.2, 0) is 14.3 Å². The van der Waals surface area contributed by atoms with E-state index in [1.165, 1.54) is 0 Å². The number of epoxide rings is 1. The lowest BCUT2D eigenvalue weighted by Crippen LogP contribution is -2.52. The summed E-state index contributed by atoms with van der Waals surface area (Å²) in [5.41, 5.74) is -0.480. The van der Waals surface area contributed by atoms with E-state index in [1.54, 1.807) is 9.80 Å². The Morgan fingerprint density at radius 2 is 1.61 bits per heavy atom. The predicted octanol–water partition coefficient (Wildman–Crippen LogP) is 0.464. The van der Waals surface area contributed by atoms with E-state index in [0.717, 1.165) is 0 Å². The molecule has 18 heavy (non-hydrogen) atoms. The van der Waals surface area contributed by atoms with Gasteiger partial charge in [-0.05, 0) is 20.8 Å². The average Bonchev–Trinajstić information content (AvgIpc) is 3.10. The molecular weight excluding hydrogens is 236 g/mol. The molecular formula is C12H20N2O4. The molecule has 0 aromatic carbocycles. The van der Waals surface area contributed by atoms with E-state index >= 15 is 0 Å². The van der Waals surface area contributed by atoms with E-state index in [0.29, 0.717) is 32.8 Å². The van der Waals surface area contributed by atoms with Gasteiger partial charge >= 0.3 is 6.09 Å². The Hall–Kier alpha value is -1.30. The average molecular weight is 256 g/mol. The number of piperazine rings is 1. The summed E-state index contributed by atoms with van der Waals surface area (Å²) in [6.45, 7) is 8.21.